The Labute approximate surface area is 182 Å². The van der Waals surface area contributed by atoms with Crippen LogP contribution in [-0.2, 0) is 25.3 Å². The molecule has 6 heteroatoms. The van der Waals surface area contributed by atoms with E-state index in [2.05, 4.69) is 20.8 Å². The van der Waals surface area contributed by atoms with E-state index in [1.807, 2.05) is 57.2 Å². The van der Waals surface area contributed by atoms with Crippen LogP contribution >= 0.6 is 0 Å². The highest BCUT2D eigenvalue weighted by Gasteiger charge is 2.36. The first-order valence-electron chi connectivity index (χ1n) is 11.0. The van der Waals surface area contributed by atoms with Crippen LogP contribution in [0.2, 0.25) is 18.1 Å². The molecule has 0 saturated carbocycles. The molecular formula is C24H38O5Si. The van der Waals surface area contributed by atoms with Crippen LogP contribution in [0.1, 0.15) is 53.5 Å². The molecule has 1 aromatic rings. The molecule has 1 rings (SSSR count). The van der Waals surface area contributed by atoms with E-state index >= 15 is 0 Å². The van der Waals surface area contributed by atoms with Crippen LogP contribution in [0.15, 0.2) is 42.0 Å². The molecule has 0 fully saturated rings. The van der Waals surface area contributed by atoms with Gasteiger partial charge in [0, 0.05) is 12.3 Å². The quantitative estimate of drug-likeness (QED) is 0.207. The zero-order valence-corrected chi connectivity index (χ0v) is 20.4. The fraction of sp³-hybridized carbons (Fsp3) is 0.583. The molecule has 0 N–H and O–H groups in total. The number of ketones is 1. The molecule has 0 aliphatic heterocycles. The van der Waals surface area contributed by atoms with Crippen molar-refractivity contribution >= 4 is 20.3 Å². The number of Topliss-reactive ketones (excluding diaryl/α,β-unsaturated/α-hetero) is 1. The summed E-state index contributed by atoms with van der Waals surface area (Å²) in [4.78, 5) is 24.3. The van der Waals surface area contributed by atoms with Gasteiger partial charge in [-0.1, -0.05) is 65.0 Å². The maximum absolute atomic E-state index is 12.4. The predicted molar refractivity (Wildman–Crippen MR) is 123 cm³/mol. The monoisotopic (exact) mass is 434 g/mol. The summed E-state index contributed by atoms with van der Waals surface area (Å²) in [6, 6.07) is 12.5. The third kappa shape index (κ3) is 8.07. The molecule has 168 valence electrons. The third-order valence-corrected chi connectivity index (χ3v) is 10.5. The SMILES string of the molecule is CCC(=O)[C@H](C)[C@@H](O[Si](CC)(CC)CC)/C(C)=C/COC(=O)OCc1ccccc1. The van der Waals surface area contributed by atoms with Crippen molar-refractivity contribution in [2.24, 2.45) is 5.92 Å². The normalized spacial score (nSPS) is 14.1. The van der Waals surface area contributed by atoms with Crippen molar-refractivity contribution in [3.8, 4) is 0 Å². The first-order chi connectivity index (χ1) is 14.3. The van der Waals surface area contributed by atoms with Gasteiger partial charge in [0.25, 0.3) is 0 Å². The molecule has 0 unspecified atom stereocenters. The van der Waals surface area contributed by atoms with Gasteiger partial charge >= 0.3 is 6.16 Å². The summed E-state index contributed by atoms with van der Waals surface area (Å²) < 4.78 is 17.0. The molecule has 0 radical (unpaired) electrons. The number of hydrogen-bond acceptors (Lipinski definition) is 5. The molecule has 30 heavy (non-hydrogen) atoms. The van der Waals surface area contributed by atoms with E-state index in [0.29, 0.717) is 6.42 Å². The summed E-state index contributed by atoms with van der Waals surface area (Å²) in [5.41, 5.74) is 1.83. The molecule has 0 aliphatic carbocycles. The maximum Gasteiger partial charge on any atom is 0.508 e. The Morgan fingerprint density at radius 3 is 2.13 bits per heavy atom. The van der Waals surface area contributed by atoms with Crippen LogP contribution in [0.4, 0.5) is 4.79 Å². The van der Waals surface area contributed by atoms with Crippen LogP contribution in [0.3, 0.4) is 0 Å². The van der Waals surface area contributed by atoms with Crippen LogP contribution in [0, 0.1) is 5.92 Å². The Hall–Kier alpha value is -1.92. The molecule has 2 atom stereocenters. The second-order valence-electron chi connectivity index (χ2n) is 7.67. The average Bonchev–Trinajstić information content (AvgIpc) is 2.78. The molecule has 0 aliphatic rings. The molecule has 5 nitrogen and oxygen atoms in total. The van der Waals surface area contributed by atoms with Crippen molar-refractivity contribution < 1.29 is 23.5 Å². The minimum atomic E-state index is -1.90. The number of carbonyl (C=O) groups is 2. The first kappa shape index (κ1) is 26.1. The van der Waals surface area contributed by atoms with Crippen molar-refractivity contribution in [1.29, 1.82) is 0 Å². The number of hydrogen-bond donors (Lipinski definition) is 0. The summed E-state index contributed by atoms with van der Waals surface area (Å²) in [5.74, 6) is -0.0463. The van der Waals surface area contributed by atoms with E-state index < -0.39 is 14.5 Å². The molecule has 0 saturated heterocycles. The van der Waals surface area contributed by atoms with E-state index in [9.17, 15) is 9.59 Å². The molecule has 0 bridgehead atoms. The fourth-order valence-electron chi connectivity index (χ4n) is 3.46. The Morgan fingerprint density at radius 2 is 1.60 bits per heavy atom. The van der Waals surface area contributed by atoms with E-state index in [1.165, 1.54) is 0 Å². The van der Waals surface area contributed by atoms with Gasteiger partial charge in [0.1, 0.15) is 19.0 Å². The third-order valence-electron chi connectivity index (χ3n) is 5.88. The van der Waals surface area contributed by atoms with Crippen LogP contribution < -0.4 is 0 Å². The van der Waals surface area contributed by atoms with Gasteiger partial charge in [-0.05, 0) is 42.3 Å². The van der Waals surface area contributed by atoms with E-state index in [1.54, 1.807) is 0 Å². The van der Waals surface area contributed by atoms with E-state index in [0.717, 1.165) is 29.3 Å². The van der Waals surface area contributed by atoms with Crippen LogP contribution in [-0.4, -0.2) is 33.0 Å². The van der Waals surface area contributed by atoms with Gasteiger partial charge in [0.05, 0.1) is 6.10 Å². The highest BCUT2D eigenvalue weighted by Crippen LogP contribution is 2.29. The molecule has 0 heterocycles. The lowest BCUT2D eigenvalue weighted by molar-refractivity contribution is -0.124. The number of benzene rings is 1. The average molecular weight is 435 g/mol. The molecular weight excluding hydrogens is 396 g/mol. The minimum absolute atomic E-state index is 0.0886. The smallest absolute Gasteiger partial charge is 0.430 e. The lowest BCUT2D eigenvalue weighted by Crippen LogP contribution is -2.44. The van der Waals surface area contributed by atoms with Crippen molar-refractivity contribution in [3.05, 3.63) is 47.5 Å². The number of ether oxygens (including phenoxy) is 2. The first-order valence-corrected chi connectivity index (χ1v) is 13.6. The second kappa shape index (κ2) is 13.4. The van der Waals surface area contributed by atoms with Crippen molar-refractivity contribution in [1.82, 2.24) is 0 Å². The van der Waals surface area contributed by atoms with Gasteiger partial charge in [-0.2, -0.15) is 0 Å². The van der Waals surface area contributed by atoms with E-state index in [-0.39, 0.29) is 31.0 Å². The van der Waals surface area contributed by atoms with Crippen molar-refractivity contribution in [3.63, 3.8) is 0 Å². The Bertz CT molecular complexity index is 674. The minimum Gasteiger partial charge on any atom is -0.430 e. The highest BCUT2D eigenvalue weighted by molar-refractivity contribution is 6.73. The Morgan fingerprint density at radius 1 is 1.00 bits per heavy atom. The summed E-state index contributed by atoms with van der Waals surface area (Å²) in [5, 5.41) is 0. The summed E-state index contributed by atoms with van der Waals surface area (Å²) in [6.45, 7) is 12.5. The fourth-order valence-corrected chi connectivity index (χ4v) is 6.39. The molecule has 0 amide bonds. The lowest BCUT2D eigenvalue weighted by atomic mass is 9.93. The zero-order valence-electron chi connectivity index (χ0n) is 19.4. The Kier molecular flexibility index (Phi) is 11.7. The maximum atomic E-state index is 12.4. The topological polar surface area (TPSA) is 61.8 Å². The molecule has 1 aromatic carbocycles. The lowest BCUT2D eigenvalue weighted by Gasteiger charge is -2.36. The highest BCUT2D eigenvalue weighted by atomic mass is 28.4. The zero-order chi connectivity index (χ0) is 22.6. The predicted octanol–water partition coefficient (Wildman–Crippen LogP) is 6.29. The Balaban J connectivity index is 2.76. The van der Waals surface area contributed by atoms with Gasteiger partial charge in [-0.15, -0.1) is 0 Å². The second-order valence-corrected chi connectivity index (χ2v) is 12.4. The number of rotatable bonds is 13. The van der Waals surface area contributed by atoms with Gasteiger partial charge < -0.3 is 13.9 Å². The van der Waals surface area contributed by atoms with Crippen LogP contribution in [0.5, 0.6) is 0 Å². The molecule has 0 spiro atoms. The van der Waals surface area contributed by atoms with Crippen molar-refractivity contribution in [2.75, 3.05) is 6.61 Å². The van der Waals surface area contributed by atoms with Gasteiger partial charge in [0.2, 0.25) is 0 Å². The summed E-state index contributed by atoms with van der Waals surface area (Å²) in [7, 11) is -1.90. The van der Waals surface area contributed by atoms with Gasteiger partial charge in [-0.25, -0.2) is 4.79 Å². The molecule has 0 aromatic heterocycles. The van der Waals surface area contributed by atoms with Crippen LogP contribution in [0.25, 0.3) is 0 Å². The van der Waals surface area contributed by atoms with Crippen molar-refractivity contribution in [2.45, 2.75) is 78.8 Å². The summed E-state index contributed by atoms with van der Waals surface area (Å²) in [6.07, 6.45) is 1.31. The standard InChI is InChI=1S/C24H38O5Si/c1-7-22(25)20(6)23(29-30(8-2,9-3)10-4)19(5)16-17-27-24(26)28-18-21-14-12-11-13-15-21/h11-16,20,23H,7-10,17-18H2,1-6H3/b19-16+/t20-,23-/m0/s1. The van der Waals surface area contributed by atoms with Gasteiger partial charge in [-0.3, -0.25) is 4.79 Å². The summed E-state index contributed by atoms with van der Waals surface area (Å²) >= 11 is 0. The van der Waals surface area contributed by atoms with Gasteiger partial charge in [0.15, 0.2) is 8.32 Å². The number of carbonyl (C=O) groups excluding carboxylic acids is 2. The largest absolute Gasteiger partial charge is 0.508 e. The van der Waals surface area contributed by atoms with E-state index in [4.69, 9.17) is 13.9 Å².